The van der Waals surface area contributed by atoms with E-state index in [4.69, 9.17) is 0 Å². The molecule has 0 aromatic heterocycles. The molecule has 0 aliphatic heterocycles. The van der Waals surface area contributed by atoms with Crippen LogP contribution in [0.3, 0.4) is 0 Å². The molecule has 1 aliphatic carbocycles. The Balaban J connectivity index is 1.73. The SMILES string of the molecule is CC(=O)NC1CCC(Nc2ccc(C(=O)c3ccccc3)cc2[N+](=O)[O-])CC1. The lowest BCUT2D eigenvalue weighted by Crippen LogP contribution is -2.39. The maximum Gasteiger partial charge on any atom is 0.293 e. The molecule has 7 nitrogen and oxygen atoms in total. The predicted octanol–water partition coefficient (Wildman–Crippen LogP) is 3.69. The Morgan fingerprint density at radius 2 is 1.61 bits per heavy atom. The zero-order valence-electron chi connectivity index (χ0n) is 15.7. The van der Waals surface area contributed by atoms with Gasteiger partial charge in [0.1, 0.15) is 5.69 Å². The summed E-state index contributed by atoms with van der Waals surface area (Å²) in [5.74, 6) is -0.281. The topological polar surface area (TPSA) is 101 Å². The minimum Gasteiger partial charge on any atom is -0.377 e. The quantitative estimate of drug-likeness (QED) is 0.451. The van der Waals surface area contributed by atoms with Gasteiger partial charge in [0.2, 0.25) is 5.91 Å². The molecule has 1 amide bonds. The average Bonchev–Trinajstić information content (AvgIpc) is 2.69. The Hall–Kier alpha value is -3.22. The number of rotatable bonds is 6. The molecule has 2 aromatic rings. The van der Waals surface area contributed by atoms with Gasteiger partial charge in [-0.15, -0.1) is 0 Å². The van der Waals surface area contributed by atoms with E-state index in [0.717, 1.165) is 25.7 Å². The van der Waals surface area contributed by atoms with Crippen LogP contribution in [0.5, 0.6) is 0 Å². The van der Waals surface area contributed by atoms with Crippen molar-refractivity contribution in [1.29, 1.82) is 0 Å². The van der Waals surface area contributed by atoms with E-state index >= 15 is 0 Å². The number of nitrogens with zero attached hydrogens (tertiary/aromatic N) is 1. The first kappa shape index (κ1) is 19.5. The summed E-state index contributed by atoms with van der Waals surface area (Å²) in [6.45, 7) is 1.51. The van der Waals surface area contributed by atoms with E-state index < -0.39 is 4.92 Å². The van der Waals surface area contributed by atoms with Gasteiger partial charge >= 0.3 is 0 Å². The highest BCUT2D eigenvalue weighted by molar-refractivity contribution is 6.09. The Morgan fingerprint density at radius 3 is 2.21 bits per heavy atom. The smallest absolute Gasteiger partial charge is 0.293 e. The zero-order valence-corrected chi connectivity index (χ0v) is 15.7. The van der Waals surface area contributed by atoms with Crippen LogP contribution in [0.15, 0.2) is 48.5 Å². The van der Waals surface area contributed by atoms with Gasteiger partial charge < -0.3 is 10.6 Å². The van der Waals surface area contributed by atoms with Gasteiger partial charge in [-0.3, -0.25) is 19.7 Å². The van der Waals surface area contributed by atoms with Gasteiger partial charge in [0.05, 0.1) is 4.92 Å². The monoisotopic (exact) mass is 381 g/mol. The molecule has 0 heterocycles. The van der Waals surface area contributed by atoms with Crippen molar-refractivity contribution in [2.75, 3.05) is 5.32 Å². The van der Waals surface area contributed by atoms with Crippen LogP contribution in [0.25, 0.3) is 0 Å². The van der Waals surface area contributed by atoms with Crippen molar-refractivity contribution >= 4 is 23.1 Å². The number of carbonyl (C=O) groups excluding carboxylic acids is 2. The number of carbonyl (C=O) groups is 2. The second-order valence-corrected chi connectivity index (χ2v) is 7.08. The lowest BCUT2D eigenvalue weighted by Gasteiger charge is -2.30. The molecular formula is C21H23N3O4. The van der Waals surface area contributed by atoms with Crippen LogP contribution >= 0.6 is 0 Å². The van der Waals surface area contributed by atoms with Crippen molar-refractivity contribution in [2.24, 2.45) is 0 Å². The molecule has 28 heavy (non-hydrogen) atoms. The third kappa shape index (κ3) is 4.73. The molecule has 1 saturated carbocycles. The minimum atomic E-state index is -0.465. The zero-order chi connectivity index (χ0) is 20.1. The molecule has 1 aliphatic rings. The molecule has 0 spiro atoms. The molecule has 2 N–H and O–H groups in total. The summed E-state index contributed by atoms with van der Waals surface area (Å²) in [7, 11) is 0. The minimum absolute atomic E-state index is 0.0364. The first-order valence-electron chi connectivity index (χ1n) is 9.36. The van der Waals surface area contributed by atoms with Gasteiger partial charge in [0.15, 0.2) is 5.78 Å². The largest absolute Gasteiger partial charge is 0.377 e. The van der Waals surface area contributed by atoms with Crippen molar-refractivity contribution < 1.29 is 14.5 Å². The molecule has 0 unspecified atom stereocenters. The molecule has 0 radical (unpaired) electrons. The number of amides is 1. The molecule has 2 aromatic carbocycles. The molecule has 0 saturated heterocycles. The standard InChI is InChI=1S/C21H23N3O4/c1-14(25)22-17-8-10-18(11-9-17)23-19-12-7-16(13-20(19)24(27)28)21(26)15-5-3-2-4-6-15/h2-7,12-13,17-18,23H,8-11H2,1H3,(H,22,25). The van der Waals surface area contributed by atoms with Crippen LogP contribution in [-0.4, -0.2) is 28.7 Å². The molecule has 3 rings (SSSR count). The van der Waals surface area contributed by atoms with Gasteiger partial charge in [-0.2, -0.15) is 0 Å². The summed E-state index contributed by atoms with van der Waals surface area (Å²) in [6, 6.07) is 13.5. The lowest BCUT2D eigenvalue weighted by molar-refractivity contribution is -0.384. The number of ketones is 1. The van der Waals surface area contributed by atoms with Gasteiger partial charge in [0, 0.05) is 36.2 Å². The number of hydrogen-bond donors (Lipinski definition) is 2. The van der Waals surface area contributed by atoms with Gasteiger partial charge in [-0.05, 0) is 37.8 Å². The Labute approximate surface area is 163 Å². The summed E-state index contributed by atoms with van der Waals surface area (Å²) in [4.78, 5) is 34.8. The van der Waals surface area contributed by atoms with Gasteiger partial charge in [0.25, 0.3) is 5.69 Å². The van der Waals surface area contributed by atoms with E-state index in [1.807, 2.05) is 6.07 Å². The molecule has 7 heteroatoms. The second-order valence-electron chi connectivity index (χ2n) is 7.08. The summed E-state index contributed by atoms with van der Waals surface area (Å²) < 4.78 is 0. The number of nitrogens with one attached hydrogen (secondary N) is 2. The van der Waals surface area contributed by atoms with Crippen LogP contribution in [0.2, 0.25) is 0 Å². The number of anilines is 1. The maximum absolute atomic E-state index is 12.6. The van der Waals surface area contributed by atoms with Gasteiger partial charge in [-0.1, -0.05) is 30.3 Å². The first-order valence-corrected chi connectivity index (χ1v) is 9.36. The molecule has 0 bridgehead atoms. The molecule has 0 atom stereocenters. The maximum atomic E-state index is 12.6. The fraction of sp³-hybridized carbons (Fsp3) is 0.333. The summed E-state index contributed by atoms with van der Waals surface area (Å²) in [6.07, 6.45) is 3.28. The Morgan fingerprint density at radius 1 is 0.964 bits per heavy atom. The van der Waals surface area contributed by atoms with Crippen molar-refractivity contribution in [3.05, 3.63) is 69.8 Å². The molecular weight excluding hydrogens is 358 g/mol. The van der Waals surface area contributed by atoms with Crippen LogP contribution in [0, 0.1) is 10.1 Å². The van der Waals surface area contributed by atoms with E-state index in [2.05, 4.69) is 10.6 Å². The number of nitro groups is 1. The fourth-order valence-electron chi connectivity index (χ4n) is 3.59. The second kappa shape index (κ2) is 8.65. The predicted molar refractivity (Wildman–Crippen MR) is 106 cm³/mol. The van der Waals surface area contributed by atoms with E-state index in [1.165, 1.54) is 13.0 Å². The third-order valence-corrected chi connectivity index (χ3v) is 4.99. The van der Waals surface area contributed by atoms with Gasteiger partial charge in [-0.25, -0.2) is 0 Å². The van der Waals surface area contributed by atoms with Crippen molar-refractivity contribution in [2.45, 2.75) is 44.7 Å². The fourth-order valence-corrected chi connectivity index (χ4v) is 3.59. The van der Waals surface area contributed by atoms with E-state index in [9.17, 15) is 19.7 Å². The van der Waals surface area contributed by atoms with Crippen molar-refractivity contribution in [3.63, 3.8) is 0 Å². The summed E-state index contributed by atoms with van der Waals surface area (Å²) in [5, 5.41) is 17.7. The lowest BCUT2D eigenvalue weighted by atomic mass is 9.91. The van der Waals surface area contributed by atoms with Crippen LogP contribution in [-0.2, 0) is 4.79 Å². The highest BCUT2D eigenvalue weighted by atomic mass is 16.6. The van der Waals surface area contributed by atoms with E-state index in [1.54, 1.807) is 36.4 Å². The molecule has 1 fully saturated rings. The average molecular weight is 381 g/mol. The Bertz CT molecular complexity index is 874. The normalized spacial score (nSPS) is 18.9. The number of benzene rings is 2. The summed E-state index contributed by atoms with van der Waals surface area (Å²) >= 11 is 0. The van der Waals surface area contributed by atoms with Crippen LogP contribution in [0.4, 0.5) is 11.4 Å². The molecule has 146 valence electrons. The Kier molecular flexibility index (Phi) is 6.03. The highest BCUT2D eigenvalue weighted by Crippen LogP contribution is 2.30. The van der Waals surface area contributed by atoms with Crippen molar-refractivity contribution in [1.82, 2.24) is 5.32 Å². The number of nitro benzene ring substituents is 1. The third-order valence-electron chi connectivity index (χ3n) is 4.99. The van der Waals surface area contributed by atoms with Crippen LogP contribution in [0.1, 0.15) is 48.5 Å². The highest BCUT2D eigenvalue weighted by Gasteiger charge is 2.25. The van der Waals surface area contributed by atoms with Crippen molar-refractivity contribution in [3.8, 4) is 0 Å². The number of hydrogen-bond acceptors (Lipinski definition) is 5. The van der Waals surface area contributed by atoms with Crippen LogP contribution < -0.4 is 10.6 Å². The first-order chi connectivity index (χ1) is 13.4. The summed E-state index contributed by atoms with van der Waals surface area (Å²) in [5.41, 5.74) is 1.09. The van der Waals surface area contributed by atoms with E-state index in [-0.39, 0.29) is 35.0 Å². The van der Waals surface area contributed by atoms with E-state index in [0.29, 0.717) is 11.3 Å².